The number of nitrogens with one attached hydrogen (secondary N) is 1. The summed E-state index contributed by atoms with van der Waals surface area (Å²) >= 11 is 12.1. The molecular weight excluding hydrogens is 315 g/mol. The Morgan fingerprint density at radius 3 is 2.18 bits per heavy atom. The van der Waals surface area contributed by atoms with Crippen LogP contribution in [0.2, 0.25) is 10.0 Å². The van der Waals surface area contributed by atoms with Gasteiger partial charge in [-0.3, -0.25) is 0 Å². The van der Waals surface area contributed by atoms with Gasteiger partial charge >= 0.3 is 0 Å². The summed E-state index contributed by atoms with van der Waals surface area (Å²) in [6.45, 7) is 10.00. The van der Waals surface area contributed by atoms with Gasteiger partial charge in [-0.1, -0.05) is 56.0 Å². The quantitative estimate of drug-likeness (QED) is 0.512. The highest BCUT2D eigenvalue weighted by atomic mass is 35.5. The van der Waals surface area contributed by atoms with E-state index in [1.807, 2.05) is 12.1 Å². The van der Waals surface area contributed by atoms with E-state index in [1.54, 1.807) is 6.07 Å². The van der Waals surface area contributed by atoms with Gasteiger partial charge in [0.15, 0.2) is 0 Å². The molecule has 1 aromatic rings. The minimum atomic E-state index is 0.691. The number of benzene rings is 1. The Hall–Kier alpha value is -0.280. The normalized spacial score (nSPS) is 11.3. The van der Waals surface area contributed by atoms with Gasteiger partial charge in [0.2, 0.25) is 0 Å². The number of rotatable bonds is 12. The molecule has 0 aliphatic rings. The highest BCUT2D eigenvalue weighted by molar-refractivity contribution is 6.35. The van der Waals surface area contributed by atoms with Crippen molar-refractivity contribution in [1.29, 1.82) is 0 Å². The van der Waals surface area contributed by atoms with Crippen LogP contribution >= 0.6 is 23.2 Å². The second kappa shape index (κ2) is 12.2. The first kappa shape index (κ1) is 19.8. The molecule has 4 heteroatoms. The van der Waals surface area contributed by atoms with Crippen molar-refractivity contribution in [2.45, 2.75) is 52.5 Å². The Balaban J connectivity index is 2.21. The lowest BCUT2D eigenvalue weighted by molar-refractivity contribution is 0.261. The van der Waals surface area contributed by atoms with Crippen LogP contribution in [0.25, 0.3) is 0 Å². The molecule has 0 bridgehead atoms. The van der Waals surface area contributed by atoms with Gasteiger partial charge < -0.3 is 10.2 Å². The van der Waals surface area contributed by atoms with Crippen molar-refractivity contribution in [2.24, 2.45) is 0 Å². The standard InChI is InChI=1S/C18H30Cl2N2/c1-3-5-11-22(12-6-4-2)13-7-10-21-15-16-8-9-17(19)14-18(16)20/h8-9,14,21H,3-7,10-13,15H2,1-2H3. The second-order valence-corrected chi connectivity index (χ2v) is 6.66. The summed E-state index contributed by atoms with van der Waals surface area (Å²) in [6, 6.07) is 5.69. The molecule has 0 aromatic heterocycles. The Labute approximate surface area is 146 Å². The van der Waals surface area contributed by atoms with E-state index >= 15 is 0 Å². The zero-order valence-corrected chi connectivity index (χ0v) is 15.5. The van der Waals surface area contributed by atoms with E-state index in [1.165, 1.54) is 51.7 Å². The fourth-order valence-corrected chi connectivity index (χ4v) is 2.89. The first-order chi connectivity index (χ1) is 10.7. The first-order valence-electron chi connectivity index (χ1n) is 8.54. The van der Waals surface area contributed by atoms with Gasteiger partial charge in [0.05, 0.1) is 0 Å². The average Bonchev–Trinajstić information content (AvgIpc) is 2.50. The highest BCUT2D eigenvalue weighted by Crippen LogP contribution is 2.20. The van der Waals surface area contributed by atoms with Gasteiger partial charge in [0, 0.05) is 16.6 Å². The number of hydrogen-bond donors (Lipinski definition) is 1. The van der Waals surface area contributed by atoms with Crippen molar-refractivity contribution in [3.8, 4) is 0 Å². The largest absolute Gasteiger partial charge is 0.313 e. The third kappa shape index (κ3) is 8.38. The van der Waals surface area contributed by atoms with Crippen LogP contribution in [-0.2, 0) is 6.54 Å². The lowest BCUT2D eigenvalue weighted by atomic mass is 10.2. The fraction of sp³-hybridized carbons (Fsp3) is 0.667. The zero-order chi connectivity index (χ0) is 16.2. The summed E-state index contributed by atoms with van der Waals surface area (Å²) in [5.41, 5.74) is 1.11. The summed E-state index contributed by atoms with van der Waals surface area (Å²) in [4.78, 5) is 2.60. The molecule has 0 saturated heterocycles. The molecule has 0 spiro atoms. The molecule has 1 N–H and O–H groups in total. The van der Waals surface area contributed by atoms with Crippen LogP contribution in [0.4, 0.5) is 0 Å². The molecule has 126 valence electrons. The van der Waals surface area contributed by atoms with E-state index in [-0.39, 0.29) is 0 Å². The predicted octanol–water partition coefficient (Wildman–Crippen LogP) is 5.38. The Bertz CT molecular complexity index is 402. The van der Waals surface area contributed by atoms with Crippen LogP contribution in [-0.4, -0.2) is 31.1 Å². The molecule has 0 amide bonds. The number of unbranched alkanes of at least 4 members (excludes halogenated alkanes) is 2. The maximum absolute atomic E-state index is 6.17. The smallest absolute Gasteiger partial charge is 0.0465 e. The molecule has 22 heavy (non-hydrogen) atoms. The van der Waals surface area contributed by atoms with Gasteiger partial charge in [0.1, 0.15) is 0 Å². The minimum Gasteiger partial charge on any atom is -0.313 e. The molecule has 1 rings (SSSR count). The molecule has 0 unspecified atom stereocenters. The van der Waals surface area contributed by atoms with Crippen molar-refractivity contribution in [1.82, 2.24) is 10.2 Å². The molecule has 0 heterocycles. The topological polar surface area (TPSA) is 15.3 Å². The average molecular weight is 345 g/mol. The molecule has 0 saturated carbocycles. The Morgan fingerprint density at radius 2 is 1.59 bits per heavy atom. The maximum Gasteiger partial charge on any atom is 0.0465 e. The van der Waals surface area contributed by atoms with E-state index in [9.17, 15) is 0 Å². The summed E-state index contributed by atoms with van der Waals surface area (Å²) in [7, 11) is 0. The molecule has 0 aliphatic heterocycles. The molecule has 2 nitrogen and oxygen atoms in total. The van der Waals surface area contributed by atoms with Crippen LogP contribution < -0.4 is 5.32 Å². The first-order valence-corrected chi connectivity index (χ1v) is 9.30. The van der Waals surface area contributed by atoms with Gasteiger partial charge in [-0.15, -0.1) is 0 Å². The molecular formula is C18H30Cl2N2. The Morgan fingerprint density at radius 1 is 0.955 bits per heavy atom. The summed E-state index contributed by atoms with van der Waals surface area (Å²) in [6.07, 6.45) is 6.33. The van der Waals surface area contributed by atoms with Gasteiger partial charge in [-0.05, 0) is 63.1 Å². The van der Waals surface area contributed by atoms with Crippen LogP contribution in [0.1, 0.15) is 51.5 Å². The van der Waals surface area contributed by atoms with E-state index in [2.05, 4.69) is 24.1 Å². The van der Waals surface area contributed by atoms with E-state index in [0.29, 0.717) is 5.02 Å². The van der Waals surface area contributed by atoms with Crippen molar-refractivity contribution in [3.63, 3.8) is 0 Å². The highest BCUT2D eigenvalue weighted by Gasteiger charge is 2.04. The molecule has 1 aromatic carbocycles. The lowest BCUT2D eigenvalue weighted by Gasteiger charge is -2.22. The lowest BCUT2D eigenvalue weighted by Crippen LogP contribution is -2.29. The number of nitrogens with zero attached hydrogens (tertiary/aromatic N) is 1. The maximum atomic E-state index is 6.17. The van der Waals surface area contributed by atoms with Crippen LogP contribution in [0, 0.1) is 0 Å². The van der Waals surface area contributed by atoms with Gasteiger partial charge in [-0.25, -0.2) is 0 Å². The molecule has 0 atom stereocenters. The van der Waals surface area contributed by atoms with Crippen LogP contribution in [0.15, 0.2) is 18.2 Å². The van der Waals surface area contributed by atoms with Gasteiger partial charge in [-0.2, -0.15) is 0 Å². The monoisotopic (exact) mass is 344 g/mol. The minimum absolute atomic E-state index is 0.691. The Kier molecular flexibility index (Phi) is 10.9. The SMILES string of the molecule is CCCCN(CCCC)CCCNCc1ccc(Cl)cc1Cl. The molecule has 0 radical (unpaired) electrons. The number of halogens is 2. The number of hydrogen-bond acceptors (Lipinski definition) is 2. The van der Waals surface area contributed by atoms with E-state index < -0.39 is 0 Å². The summed E-state index contributed by atoms with van der Waals surface area (Å²) in [5.74, 6) is 0. The fourth-order valence-electron chi connectivity index (χ4n) is 2.41. The second-order valence-electron chi connectivity index (χ2n) is 5.81. The predicted molar refractivity (Wildman–Crippen MR) is 99.0 cm³/mol. The third-order valence-electron chi connectivity index (χ3n) is 3.81. The molecule has 0 fully saturated rings. The van der Waals surface area contributed by atoms with E-state index in [4.69, 9.17) is 23.2 Å². The van der Waals surface area contributed by atoms with Gasteiger partial charge in [0.25, 0.3) is 0 Å². The van der Waals surface area contributed by atoms with Crippen molar-refractivity contribution in [3.05, 3.63) is 33.8 Å². The van der Waals surface area contributed by atoms with Crippen molar-refractivity contribution >= 4 is 23.2 Å². The third-order valence-corrected chi connectivity index (χ3v) is 4.40. The van der Waals surface area contributed by atoms with Crippen LogP contribution in [0.5, 0.6) is 0 Å². The molecule has 0 aliphatic carbocycles. The summed E-state index contributed by atoms with van der Waals surface area (Å²) < 4.78 is 0. The van der Waals surface area contributed by atoms with E-state index in [0.717, 1.165) is 23.7 Å². The van der Waals surface area contributed by atoms with Crippen molar-refractivity contribution in [2.75, 3.05) is 26.2 Å². The zero-order valence-electron chi connectivity index (χ0n) is 14.0. The van der Waals surface area contributed by atoms with Crippen molar-refractivity contribution < 1.29 is 0 Å². The van der Waals surface area contributed by atoms with Crippen LogP contribution in [0.3, 0.4) is 0 Å². The summed E-state index contributed by atoms with van der Waals surface area (Å²) in [5, 5.41) is 4.91.